The van der Waals surface area contributed by atoms with Gasteiger partial charge in [-0.1, -0.05) is 23.2 Å². The normalized spacial score (nSPS) is 12.1. The molecular formula is C16H17Cl2N3O3. The average Bonchev–Trinajstić information content (AvgIpc) is 2.55. The number of nitriles is 1. The number of rotatable bonds is 6. The van der Waals surface area contributed by atoms with E-state index in [4.69, 9.17) is 33.2 Å². The predicted octanol–water partition coefficient (Wildman–Crippen LogP) is 2.90. The summed E-state index contributed by atoms with van der Waals surface area (Å²) in [6.45, 7) is 3.01. The van der Waals surface area contributed by atoms with Gasteiger partial charge < -0.3 is 10.1 Å². The quantitative estimate of drug-likeness (QED) is 0.474. The van der Waals surface area contributed by atoms with Crippen LogP contribution in [0.2, 0.25) is 10.0 Å². The summed E-state index contributed by atoms with van der Waals surface area (Å²) in [7, 11) is 1.44. The van der Waals surface area contributed by atoms with E-state index in [9.17, 15) is 9.59 Å². The van der Waals surface area contributed by atoms with Crippen LogP contribution in [0.3, 0.4) is 0 Å². The highest BCUT2D eigenvalue weighted by atomic mass is 35.5. The van der Waals surface area contributed by atoms with Crippen molar-refractivity contribution in [2.24, 2.45) is 0 Å². The minimum absolute atomic E-state index is 0.153. The van der Waals surface area contributed by atoms with Gasteiger partial charge in [0.25, 0.3) is 5.91 Å². The Hall–Kier alpha value is -2.23. The number of hydrogen-bond donors (Lipinski definition) is 1. The molecule has 24 heavy (non-hydrogen) atoms. The molecule has 0 heterocycles. The van der Waals surface area contributed by atoms with Crippen LogP contribution in [0.15, 0.2) is 30.0 Å². The number of nitrogens with one attached hydrogen (secondary N) is 1. The maximum Gasteiger partial charge on any atom is 0.255 e. The smallest absolute Gasteiger partial charge is 0.255 e. The van der Waals surface area contributed by atoms with Crippen LogP contribution in [-0.4, -0.2) is 31.5 Å². The molecule has 0 aromatic heterocycles. The number of carbonyl (C=O) groups is 2. The van der Waals surface area contributed by atoms with Crippen LogP contribution >= 0.6 is 23.2 Å². The molecular weight excluding hydrogens is 353 g/mol. The summed E-state index contributed by atoms with van der Waals surface area (Å²) in [5, 5.41) is 11.6. The molecule has 128 valence electrons. The standard InChI is InChI=1S/C16H17Cl2N3O3/c1-10(24-3)8-15(22)21(11(2)16(23)20-7-6-19)12-4-5-13(17)14(18)9-12/h4-5,8-9,11H,7H2,1-3H3,(H,20,23)/b10-8-. The molecule has 1 aromatic carbocycles. The Balaban J connectivity index is 3.25. The molecule has 0 aliphatic rings. The van der Waals surface area contributed by atoms with Gasteiger partial charge in [-0.2, -0.15) is 5.26 Å². The van der Waals surface area contributed by atoms with Crippen LogP contribution in [0.1, 0.15) is 13.8 Å². The molecule has 0 bridgehead atoms. The number of carbonyl (C=O) groups excluding carboxylic acids is 2. The molecule has 0 saturated heterocycles. The van der Waals surface area contributed by atoms with Crippen molar-refractivity contribution in [3.63, 3.8) is 0 Å². The lowest BCUT2D eigenvalue weighted by Gasteiger charge is -2.27. The van der Waals surface area contributed by atoms with Crippen LogP contribution in [0, 0.1) is 11.3 Å². The minimum atomic E-state index is -0.871. The number of halogens is 2. The first-order valence-corrected chi connectivity index (χ1v) is 7.72. The van der Waals surface area contributed by atoms with Crippen molar-refractivity contribution in [1.82, 2.24) is 5.32 Å². The summed E-state index contributed by atoms with van der Waals surface area (Å²) >= 11 is 11.9. The van der Waals surface area contributed by atoms with Crippen LogP contribution < -0.4 is 10.2 Å². The minimum Gasteiger partial charge on any atom is -0.501 e. The second-order valence-corrected chi connectivity index (χ2v) is 5.63. The van der Waals surface area contributed by atoms with Crippen molar-refractivity contribution in [3.05, 3.63) is 40.1 Å². The molecule has 6 nitrogen and oxygen atoms in total. The zero-order valence-corrected chi connectivity index (χ0v) is 15.0. The molecule has 2 amide bonds. The first kappa shape index (κ1) is 19.8. The van der Waals surface area contributed by atoms with Gasteiger partial charge in [0, 0.05) is 11.8 Å². The Morgan fingerprint density at radius 2 is 2.08 bits per heavy atom. The Morgan fingerprint density at radius 1 is 1.42 bits per heavy atom. The monoisotopic (exact) mass is 369 g/mol. The molecule has 1 aromatic rings. The highest BCUT2D eigenvalue weighted by molar-refractivity contribution is 6.42. The molecule has 0 saturated carbocycles. The fourth-order valence-corrected chi connectivity index (χ4v) is 2.16. The second kappa shape index (κ2) is 9.16. The molecule has 1 N–H and O–H groups in total. The molecule has 0 aliphatic carbocycles. The summed E-state index contributed by atoms with van der Waals surface area (Å²) in [4.78, 5) is 26.0. The number of methoxy groups -OCH3 is 1. The number of amides is 2. The number of ether oxygens (including phenoxy) is 1. The Kier molecular flexibility index (Phi) is 7.56. The summed E-state index contributed by atoms with van der Waals surface area (Å²) in [5.74, 6) is -0.554. The average molecular weight is 370 g/mol. The van der Waals surface area contributed by atoms with E-state index in [0.717, 1.165) is 0 Å². The molecule has 1 atom stereocenters. The predicted molar refractivity (Wildman–Crippen MR) is 92.8 cm³/mol. The van der Waals surface area contributed by atoms with Crippen molar-refractivity contribution in [2.45, 2.75) is 19.9 Å². The second-order valence-electron chi connectivity index (χ2n) is 4.82. The van der Waals surface area contributed by atoms with Crippen LogP contribution in [0.25, 0.3) is 0 Å². The summed E-state index contributed by atoms with van der Waals surface area (Å²) in [6, 6.07) is 5.55. The fourth-order valence-electron chi connectivity index (χ4n) is 1.87. The van der Waals surface area contributed by atoms with Gasteiger partial charge in [0.2, 0.25) is 5.91 Å². The molecule has 0 aliphatic heterocycles. The zero-order chi connectivity index (χ0) is 18.3. The first-order valence-electron chi connectivity index (χ1n) is 6.97. The Bertz CT molecular complexity index is 698. The fraction of sp³-hybridized carbons (Fsp3) is 0.312. The van der Waals surface area contributed by atoms with Gasteiger partial charge in [0.1, 0.15) is 12.6 Å². The van der Waals surface area contributed by atoms with E-state index < -0.39 is 17.9 Å². The maximum absolute atomic E-state index is 12.6. The van der Waals surface area contributed by atoms with E-state index >= 15 is 0 Å². The third-order valence-corrected chi connectivity index (χ3v) is 3.91. The topological polar surface area (TPSA) is 82.4 Å². The van der Waals surface area contributed by atoms with E-state index in [1.165, 1.54) is 30.2 Å². The summed E-state index contributed by atoms with van der Waals surface area (Å²) in [6.07, 6.45) is 1.26. The number of benzene rings is 1. The Labute approximate surface area is 150 Å². The van der Waals surface area contributed by atoms with Gasteiger partial charge in [-0.3, -0.25) is 14.5 Å². The van der Waals surface area contributed by atoms with Gasteiger partial charge >= 0.3 is 0 Å². The number of anilines is 1. The molecule has 1 unspecified atom stereocenters. The van der Waals surface area contributed by atoms with Gasteiger partial charge in [-0.05, 0) is 32.0 Å². The van der Waals surface area contributed by atoms with Crippen LogP contribution in [0.4, 0.5) is 5.69 Å². The van der Waals surface area contributed by atoms with Gasteiger partial charge in [0.15, 0.2) is 0 Å². The zero-order valence-electron chi connectivity index (χ0n) is 13.5. The van der Waals surface area contributed by atoms with E-state index in [1.54, 1.807) is 19.9 Å². The largest absolute Gasteiger partial charge is 0.501 e. The number of hydrogen-bond acceptors (Lipinski definition) is 4. The van der Waals surface area contributed by atoms with Gasteiger partial charge in [-0.25, -0.2) is 0 Å². The molecule has 0 fully saturated rings. The molecule has 8 heteroatoms. The van der Waals surface area contributed by atoms with Crippen LogP contribution in [0.5, 0.6) is 0 Å². The van der Waals surface area contributed by atoms with Crippen molar-refractivity contribution in [3.8, 4) is 6.07 Å². The van der Waals surface area contributed by atoms with E-state index in [1.807, 2.05) is 6.07 Å². The molecule has 0 spiro atoms. The molecule has 1 rings (SSSR count). The van der Waals surface area contributed by atoms with Crippen molar-refractivity contribution < 1.29 is 14.3 Å². The lowest BCUT2D eigenvalue weighted by atomic mass is 10.2. The van der Waals surface area contributed by atoms with E-state index in [0.29, 0.717) is 16.5 Å². The lowest BCUT2D eigenvalue weighted by molar-refractivity contribution is -0.124. The summed E-state index contributed by atoms with van der Waals surface area (Å²) < 4.78 is 4.98. The SMILES string of the molecule is CO/C(C)=C\C(=O)N(c1ccc(Cl)c(Cl)c1)C(C)C(=O)NCC#N. The highest BCUT2D eigenvalue weighted by Crippen LogP contribution is 2.28. The van der Waals surface area contributed by atoms with Crippen molar-refractivity contribution in [2.75, 3.05) is 18.6 Å². The first-order chi connectivity index (χ1) is 11.3. The van der Waals surface area contributed by atoms with Crippen molar-refractivity contribution in [1.29, 1.82) is 5.26 Å². The lowest BCUT2D eigenvalue weighted by Crippen LogP contribution is -2.48. The maximum atomic E-state index is 12.6. The Morgan fingerprint density at radius 3 is 2.62 bits per heavy atom. The van der Waals surface area contributed by atoms with E-state index in [-0.39, 0.29) is 11.6 Å². The number of allylic oxidation sites excluding steroid dienone is 1. The third kappa shape index (κ3) is 5.15. The third-order valence-electron chi connectivity index (χ3n) is 3.18. The summed E-state index contributed by atoms with van der Waals surface area (Å²) in [5.41, 5.74) is 0.397. The van der Waals surface area contributed by atoms with Gasteiger partial charge in [-0.15, -0.1) is 0 Å². The molecule has 0 radical (unpaired) electrons. The highest BCUT2D eigenvalue weighted by Gasteiger charge is 2.27. The number of nitrogens with zero attached hydrogens (tertiary/aromatic N) is 2. The van der Waals surface area contributed by atoms with Crippen molar-refractivity contribution >= 4 is 40.7 Å². The van der Waals surface area contributed by atoms with Crippen LogP contribution in [-0.2, 0) is 14.3 Å². The van der Waals surface area contributed by atoms with E-state index in [2.05, 4.69) is 5.32 Å². The van der Waals surface area contributed by atoms with Gasteiger partial charge in [0.05, 0.1) is 29.0 Å².